The number of benzene rings is 2. The lowest BCUT2D eigenvalue weighted by atomic mass is 10.1. The summed E-state index contributed by atoms with van der Waals surface area (Å²) in [6.45, 7) is 3.45. The van der Waals surface area contributed by atoms with Crippen LogP contribution >= 0.6 is 11.8 Å². The van der Waals surface area contributed by atoms with Crippen LogP contribution in [0.4, 0.5) is 5.69 Å². The first-order chi connectivity index (χ1) is 11.3. The van der Waals surface area contributed by atoms with E-state index in [0.29, 0.717) is 11.7 Å². The molecule has 0 aliphatic heterocycles. The number of nitrogens with two attached hydrogens (primary N) is 1. The van der Waals surface area contributed by atoms with E-state index in [-0.39, 0.29) is 0 Å². The summed E-state index contributed by atoms with van der Waals surface area (Å²) in [6, 6.07) is 14.5. The fourth-order valence-corrected chi connectivity index (χ4v) is 2.80. The van der Waals surface area contributed by atoms with E-state index in [9.17, 15) is 0 Å². The molecule has 2 aromatic rings. The number of amidine groups is 1. The third kappa shape index (κ3) is 6.85. The number of nitrogens with one attached hydrogen (secondary N) is 1. The van der Waals surface area contributed by atoms with Gasteiger partial charge in [-0.25, -0.2) is 0 Å². The molecule has 0 aliphatic carbocycles. The number of fused-ring (bicyclic) bond motifs is 1. The van der Waals surface area contributed by atoms with Gasteiger partial charge in [-0.3, -0.25) is 14.5 Å². The molecular formula is C15H21N3O4S2. The summed E-state index contributed by atoms with van der Waals surface area (Å²) in [5.74, 6) is 0.778. The second kappa shape index (κ2) is 9.60. The molecule has 0 saturated heterocycles. The van der Waals surface area contributed by atoms with Crippen LogP contribution in [-0.2, 0) is 10.4 Å². The highest BCUT2D eigenvalue weighted by molar-refractivity contribution is 8.14. The van der Waals surface area contributed by atoms with Crippen LogP contribution in [0, 0.1) is 5.41 Å². The molecule has 0 bridgehead atoms. The van der Waals surface area contributed by atoms with E-state index < -0.39 is 10.4 Å². The van der Waals surface area contributed by atoms with Gasteiger partial charge in [-0.15, -0.1) is 0 Å². The second-order valence-corrected chi connectivity index (χ2v) is 6.61. The van der Waals surface area contributed by atoms with Gasteiger partial charge in [0.2, 0.25) is 0 Å². The second-order valence-electron chi connectivity index (χ2n) is 4.63. The van der Waals surface area contributed by atoms with Gasteiger partial charge in [0, 0.05) is 24.2 Å². The highest BCUT2D eigenvalue weighted by atomic mass is 32.3. The van der Waals surface area contributed by atoms with Crippen molar-refractivity contribution in [1.82, 2.24) is 0 Å². The first-order valence-corrected chi connectivity index (χ1v) is 9.52. The Bertz CT molecular complexity index is 768. The van der Waals surface area contributed by atoms with Crippen LogP contribution in [0.3, 0.4) is 0 Å². The quantitative estimate of drug-likeness (QED) is 0.369. The van der Waals surface area contributed by atoms with E-state index in [4.69, 9.17) is 28.7 Å². The maximum atomic E-state index is 8.74. The zero-order valence-electron chi connectivity index (χ0n) is 13.2. The minimum atomic E-state index is -4.67. The van der Waals surface area contributed by atoms with Gasteiger partial charge in [-0.2, -0.15) is 8.42 Å². The summed E-state index contributed by atoms with van der Waals surface area (Å²) in [6.07, 6.45) is 0. The van der Waals surface area contributed by atoms with Crippen molar-refractivity contribution >= 4 is 43.8 Å². The maximum absolute atomic E-state index is 8.74. The molecule has 2 aromatic carbocycles. The van der Waals surface area contributed by atoms with Crippen molar-refractivity contribution in [2.45, 2.75) is 6.92 Å². The van der Waals surface area contributed by atoms with Gasteiger partial charge in [-0.05, 0) is 18.4 Å². The summed E-state index contributed by atoms with van der Waals surface area (Å²) in [5, 5.41) is 11.1. The van der Waals surface area contributed by atoms with Gasteiger partial charge in [0.15, 0.2) is 5.17 Å². The first-order valence-electron chi connectivity index (χ1n) is 7.14. The fraction of sp³-hybridized carbons (Fsp3) is 0.267. The summed E-state index contributed by atoms with van der Waals surface area (Å²) in [5.41, 5.74) is 6.60. The number of rotatable bonds is 4. The Morgan fingerprint density at radius 2 is 1.79 bits per heavy atom. The molecule has 0 heterocycles. The molecule has 0 aromatic heterocycles. The van der Waals surface area contributed by atoms with Crippen molar-refractivity contribution in [1.29, 1.82) is 5.41 Å². The molecule has 0 fully saturated rings. The molecule has 0 atom stereocenters. The van der Waals surface area contributed by atoms with Gasteiger partial charge in [0.1, 0.15) is 0 Å². The van der Waals surface area contributed by atoms with Crippen LogP contribution in [0.5, 0.6) is 0 Å². The van der Waals surface area contributed by atoms with E-state index in [1.165, 1.54) is 22.5 Å². The topological polar surface area (TPSA) is 128 Å². The number of anilines is 1. The SMILES string of the molecule is CCN(C(=N)SCCN)c1cccc2ccccc12.O=S(=O)(O)O. The molecule has 2 rings (SSSR count). The number of thioether (sulfide) groups is 1. The molecule has 0 spiro atoms. The summed E-state index contributed by atoms with van der Waals surface area (Å²) < 4.78 is 31.6. The van der Waals surface area contributed by atoms with Crippen molar-refractivity contribution in [3.63, 3.8) is 0 Å². The van der Waals surface area contributed by atoms with E-state index >= 15 is 0 Å². The Morgan fingerprint density at radius 3 is 2.38 bits per heavy atom. The summed E-state index contributed by atoms with van der Waals surface area (Å²) in [4.78, 5) is 2.03. The number of hydrogen-bond acceptors (Lipinski definition) is 5. The average molecular weight is 371 g/mol. The predicted octanol–water partition coefficient (Wildman–Crippen LogP) is 2.64. The monoisotopic (exact) mass is 371 g/mol. The highest BCUT2D eigenvalue weighted by Gasteiger charge is 2.13. The Kier molecular flexibility index (Phi) is 8.16. The van der Waals surface area contributed by atoms with Crippen LogP contribution in [0.1, 0.15) is 6.92 Å². The molecule has 0 aliphatic rings. The standard InChI is InChI=1S/C15H19N3S.H2O4S/c1-2-18(15(17)19-11-10-16)14-9-5-7-12-6-3-4-8-13(12)14;1-5(2,3)4/h3-9,17H,2,10-11,16H2,1H3;(H2,1,2,3,4). The summed E-state index contributed by atoms with van der Waals surface area (Å²) in [7, 11) is -4.67. The van der Waals surface area contributed by atoms with Gasteiger partial charge < -0.3 is 10.6 Å². The van der Waals surface area contributed by atoms with Crippen LogP contribution in [0.15, 0.2) is 42.5 Å². The molecule has 24 heavy (non-hydrogen) atoms. The van der Waals surface area contributed by atoms with Crippen molar-refractivity contribution in [2.75, 3.05) is 23.7 Å². The van der Waals surface area contributed by atoms with Crippen molar-refractivity contribution in [3.05, 3.63) is 42.5 Å². The van der Waals surface area contributed by atoms with E-state index in [2.05, 4.69) is 31.2 Å². The smallest absolute Gasteiger partial charge is 0.330 e. The van der Waals surface area contributed by atoms with E-state index in [1.54, 1.807) is 0 Å². The normalized spacial score (nSPS) is 10.8. The van der Waals surface area contributed by atoms with Gasteiger partial charge in [0.05, 0.1) is 5.69 Å². The molecule has 132 valence electrons. The Hall–Kier alpha value is -1.65. The minimum absolute atomic E-state index is 0.560. The number of hydrogen-bond donors (Lipinski definition) is 4. The average Bonchev–Trinajstić information content (AvgIpc) is 2.52. The predicted molar refractivity (Wildman–Crippen MR) is 100 cm³/mol. The largest absolute Gasteiger partial charge is 0.394 e. The zero-order chi connectivity index (χ0) is 18.2. The van der Waals surface area contributed by atoms with E-state index in [0.717, 1.165) is 18.0 Å². The third-order valence-electron chi connectivity index (χ3n) is 2.98. The zero-order valence-corrected chi connectivity index (χ0v) is 14.8. The first kappa shape index (κ1) is 20.4. The van der Waals surface area contributed by atoms with Crippen molar-refractivity contribution < 1.29 is 17.5 Å². The van der Waals surface area contributed by atoms with Crippen LogP contribution in [0.25, 0.3) is 10.8 Å². The lowest BCUT2D eigenvalue weighted by Gasteiger charge is -2.24. The van der Waals surface area contributed by atoms with Crippen LogP contribution in [0.2, 0.25) is 0 Å². The van der Waals surface area contributed by atoms with Gasteiger partial charge in [-0.1, -0.05) is 48.2 Å². The molecule has 7 nitrogen and oxygen atoms in total. The molecule has 0 saturated carbocycles. The summed E-state index contributed by atoms with van der Waals surface area (Å²) >= 11 is 1.50. The van der Waals surface area contributed by atoms with E-state index in [1.807, 2.05) is 23.1 Å². The molecule has 0 unspecified atom stereocenters. The Labute approximate surface area is 145 Å². The molecule has 0 amide bonds. The molecule has 0 radical (unpaired) electrons. The number of nitrogens with zero attached hydrogens (tertiary/aromatic N) is 1. The van der Waals surface area contributed by atoms with Crippen LogP contribution in [-0.4, -0.2) is 41.5 Å². The van der Waals surface area contributed by atoms with Crippen molar-refractivity contribution in [2.24, 2.45) is 5.73 Å². The van der Waals surface area contributed by atoms with Gasteiger partial charge in [0.25, 0.3) is 0 Å². The molecular weight excluding hydrogens is 350 g/mol. The lowest BCUT2D eigenvalue weighted by Crippen LogP contribution is -2.28. The Balaban J connectivity index is 0.000000505. The minimum Gasteiger partial charge on any atom is -0.330 e. The maximum Gasteiger partial charge on any atom is 0.394 e. The molecule has 9 heteroatoms. The fourth-order valence-electron chi connectivity index (χ4n) is 2.10. The van der Waals surface area contributed by atoms with Gasteiger partial charge >= 0.3 is 10.4 Å². The molecule has 5 N–H and O–H groups in total. The Morgan fingerprint density at radius 1 is 1.21 bits per heavy atom. The van der Waals surface area contributed by atoms with Crippen LogP contribution < -0.4 is 10.6 Å². The third-order valence-corrected chi connectivity index (χ3v) is 3.91. The highest BCUT2D eigenvalue weighted by Crippen LogP contribution is 2.28. The van der Waals surface area contributed by atoms with Crippen molar-refractivity contribution in [3.8, 4) is 0 Å². The lowest BCUT2D eigenvalue weighted by molar-refractivity contribution is 0.381.